The summed E-state index contributed by atoms with van der Waals surface area (Å²) in [4.78, 5) is 41.6. The van der Waals surface area contributed by atoms with Crippen LogP contribution in [0, 0.1) is 0 Å². The second-order valence-electron chi connectivity index (χ2n) is 6.96. The van der Waals surface area contributed by atoms with Crippen LogP contribution < -0.4 is 16.6 Å². The third-order valence-corrected chi connectivity index (χ3v) is 4.81. The van der Waals surface area contributed by atoms with Crippen molar-refractivity contribution in [1.29, 1.82) is 0 Å². The van der Waals surface area contributed by atoms with Crippen molar-refractivity contribution in [2.75, 3.05) is 5.32 Å². The lowest BCUT2D eigenvalue weighted by atomic mass is 10.1. The van der Waals surface area contributed by atoms with E-state index >= 15 is 0 Å². The van der Waals surface area contributed by atoms with E-state index in [1.165, 1.54) is 36.3 Å². The van der Waals surface area contributed by atoms with Crippen molar-refractivity contribution in [3.05, 3.63) is 57.0 Å². The van der Waals surface area contributed by atoms with Gasteiger partial charge in [0.05, 0.1) is 6.33 Å². The van der Waals surface area contributed by atoms with Crippen molar-refractivity contribution >= 4 is 22.8 Å². The Morgan fingerprint density at radius 2 is 1.82 bits per heavy atom. The summed E-state index contributed by atoms with van der Waals surface area (Å²) in [7, 11) is 3.20. The molecule has 0 saturated carbocycles. The van der Waals surface area contributed by atoms with Gasteiger partial charge < -0.3 is 9.88 Å². The van der Waals surface area contributed by atoms with E-state index in [0.717, 1.165) is 17.4 Å². The highest BCUT2D eigenvalue weighted by atomic mass is 16.2. The molecule has 3 aromatic rings. The van der Waals surface area contributed by atoms with Crippen LogP contribution in [0.2, 0.25) is 0 Å². The molecule has 2 heterocycles. The van der Waals surface area contributed by atoms with Crippen LogP contribution in [-0.2, 0) is 31.9 Å². The molecular weight excluding hydrogens is 358 g/mol. The summed E-state index contributed by atoms with van der Waals surface area (Å²) in [5, 5.41) is 2.75. The Balaban J connectivity index is 1.76. The molecule has 1 amide bonds. The molecule has 8 heteroatoms. The molecule has 2 aromatic heterocycles. The number of aromatic nitrogens is 4. The Kier molecular flexibility index (Phi) is 5.77. The number of hydrogen-bond acceptors (Lipinski definition) is 4. The summed E-state index contributed by atoms with van der Waals surface area (Å²) < 4.78 is 3.75. The SMILES string of the molecule is CCCCCc1ccc(NC(=O)Cn2c(=O)c3c(ncn3C)n(C)c2=O)cc1. The van der Waals surface area contributed by atoms with Gasteiger partial charge in [0.25, 0.3) is 5.56 Å². The number of nitrogens with zero attached hydrogens (tertiary/aromatic N) is 4. The fourth-order valence-electron chi connectivity index (χ4n) is 3.21. The molecular formula is C20H25N5O3. The Labute approximate surface area is 162 Å². The van der Waals surface area contributed by atoms with E-state index in [1.54, 1.807) is 11.6 Å². The second kappa shape index (κ2) is 8.24. The van der Waals surface area contributed by atoms with Gasteiger partial charge in [0.15, 0.2) is 11.2 Å². The molecule has 0 saturated heterocycles. The first-order valence-electron chi connectivity index (χ1n) is 9.42. The first kappa shape index (κ1) is 19.6. The van der Waals surface area contributed by atoms with Crippen molar-refractivity contribution in [2.24, 2.45) is 14.1 Å². The van der Waals surface area contributed by atoms with Crippen molar-refractivity contribution in [2.45, 2.75) is 39.2 Å². The van der Waals surface area contributed by atoms with E-state index in [1.807, 2.05) is 24.3 Å². The maximum absolute atomic E-state index is 12.6. The smallest absolute Gasteiger partial charge is 0.328 e. The number of anilines is 1. The van der Waals surface area contributed by atoms with Crippen LogP contribution in [0.4, 0.5) is 5.69 Å². The molecule has 0 bridgehead atoms. The van der Waals surface area contributed by atoms with Gasteiger partial charge in [0.1, 0.15) is 6.54 Å². The maximum Gasteiger partial charge on any atom is 0.332 e. The van der Waals surface area contributed by atoms with Crippen molar-refractivity contribution in [3.8, 4) is 0 Å². The summed E-state index contributed by atoms with van der Waals surface area (Å²) >= 11 is 0. The van der Waals surface area contributed by atoms with Gasteiger partial charge in [0.2, 0.25) is 5.91 Å². The van der Waals surface area contributed by atoms with Crippen molar-refractivity contribution < 1.29 is 4.79 Å². The monoisotopic (exact) mass is 383 g/mol. The third kappa shape index (κ3) is 3.90. The molecule has 0 aliphatic heterocycles. The van der Waals surface area contributed by atoms with Gasteiger partial charge in [-0.1, -0.05) is 31.9 Å². The summed E-state index contributed by atoms with van der Waals surface area (Å²) in [5.74, 6) is -0.431. The molecule has 0 atom stereocenters. The molecule has 0 spiro atoms. The molecule has 1 N–H and O–H groups in total. The first-order valence-corrected chi connectivity index (χ1v) is 9.42. The minimum absolute atomic E-state index is 0.284. The largest absolute Gasteiger partial charge is 0.332 e. The average molecular weight is 383 g/mol. The predicted octanol–water partition coefficient (Wildman–Crippen LogP) is 1.81. The van der Waals surface area contributed by atoms with Crippen LogP contribution in [0.1, 0.15) is 31.7 Å². The lowest BCUT2D eigenvalue weighted by molar-refractivity contribution is -0.116. The van der Waals surface area contributed by atoms with E-state index in [0.29, 0.717) is 11.3 Å². The lowest BCUT2D eigenvalue weighted by Crippen LogP contribution is -2.42. The van der Waals surface area contributed by atoms with Gasteiger partial charge in [-0.15, -0.1) is 0 Å². The molecule has 8 nitrogen and oxygen atoms in total. The van der Waals surface area contributed by atoms with Crippen LogP contribution in [0.5, 0.6) is 0 Å². The molecule has 0 aliphatic rings. The zero-order valence-electron chi connectivity index (χ0n) is 16.4. The first-order chi connectivity index (χ1) is 13.4. The van der Waals surface area contributed by atoms with Crippen LogP contribution in [0.15, 0.2) is 40.2 Å². The number of unbranched alkanes of at least 4 members (excludes halogenated alkanes) is 2. The number of fused-ring (bicyclic) bond motifs is 1. The summed E-state index contributed by atoms with van der Waals surface area (Å²) in [6.45, 7) is 1.81. The molecule has 0 aliphatic carbocycles. The average Bonchev–Trinajstić information content (AvgIpc) is 3.07. The number of benzene rings is 1. The highest BCUT2D eigenvalue weighted by molar-refractivity contribution is 5.90. The van der Waals surface area contributed by atoms with Crippen LogP contribution in [0.3, 0.4) is 0 Å². The van der Waals surface area contributed by atoms with Crippen LogP contribution in [0.25, 0.3) is 11.2 Å². The zero-order valence-corrected chi connectivity index (χ0v) is 16.4. The van der Waals surface area contributed by atoms with Gasteiger partial charge in [-0.25, -0.2) is 14.3 Å². The van der Waals surface area contributed by atoms with E-state index in [4.69, 9.17) is 0 Å². The van der Waals surface area contributed by atoms with Crippen LogP contribution in [-0.4, -0.2) is 24.6 Å². The van der Waals surface area contributed by atoms with Gasteiger partial charge in [-0.3, -0.25) is 14.2 Å². The number of carbonyl (C=O) groups is 1. The minimum Gasteiger partial charge on any atom is -0.328 e. The minimum atomic E-state index is -0.572. The normalized spacial score (nSPS) is 11.1. The topological polar surface area (TPSA) is 90.9 Å². The number of nitrogens with one attached hydrogen (secondary N) is 1. The van der Waals surface area contributed by atoms with E-state index in [2.05, 4.69) is 17.2 Å². The highest BCUT2D eigenvalue weighted by Crippen LogP contribution is 2.12. The summed E-state index contributed by atoms with van der Waals surface area (Å²) in [6, 6.07) is 7.64. The number of rotatable bonds is 7. The maximum atomic E-state index is 12.6. The van der Waals surface area contributed by atoms with Gasteiger partial charge >= 0.3 is 5.69 Å². The quantitative estimate of drug-likeness (QED) is 0.630. The zero-order chi connectivity index (χ0) is 20.3. The Morgan fingerprint density at radius 1 is 1.11 bits per heavy atom. The molecule has 0 radical (unpaired) electrons. The number of aryl methyl sites for hydroxylation is 3. The van der Waals surface area contributed by atoms with Gasteiger partial charge in [-0.05, 0) is 30.5 Å². The van der Waals surface area contributed by atoms with E-state index in [9.17, 15) is 14.4 Å². The number of amides is 1. The lowest BCUT2D eigenvalue weighted by Gasteiger charge is -2.10. The predicted molar refractivity (Wildman–Crippen MR) is 109 cm³/mol. The van der Waals surface area contributed by atoms with E-state index in [-0.39, 0.29) is 12.1 Å². The molecule has 1 aromatic carbocycles. The summed E-state index contributed by atoms with van der Waals surface area (Å²) in [6.07, 6.45) is 6.00. The standard InChI is InChI=1S/C20H25N5O3/c1-4-5-6-7-14-8-10-15(11-9-14)22-16(26)12-25-19(27)17-18(21-13-23(17)2)24(3)20(25)28/h8-11,13H,4-7,12H2,1-3H3,(H,22,26). The van der Waals surface area contributed by atoms with Crippen molar-refractivity contribution in [3.63, 3.8) is 0 Å². The Morgan fingerprint density at radius 3 is 2.50 bits per heavy atom. The molecule has 28 heavy (non-hydrogen) atoms. The Bertz CT molecular complexity index is 1110. The molecule has 3 rings (SSSR count). The number of imidazole rings is 1. The molecule has 0 fully saturated rings. The van der Waals surface area contributed by atoms with Crippen molar-refractivity contribution in [1.82, 2.24) is 18.7 Å². The van der Waals surface area contributed by atoms with Crippen LogP contribution >= 0.6 is 0 Å². The third-order valence-electron chi connectivity index (χ3n) is 4.81. The molecule has 0 unspecified atom stereocenters. The fraction of sp³-hybridized carbons (Fsp3) is 0.400. The van der Waals surface area contributed by atoms with Gasteiger partial charge in [0, 0.05) is 19.8 Å². The molecule has 148 valence electrons. The number of hydrogen-bond donors (Lipinski definition) is 1. The van der Waals surface area contributed by atoms with Gasteiger partial charge in [-0.2, -0.15) is 0 Å². The number of carbonyl (C=O) groups excluding carboxylic acids is 1. The second-order valence-corrected chi connectivity index (χ2v) is 6.96. The van der Waals surface area contributed by atoms with E-state index < -0.39 is 17.2 Å². The summed E-state index contributed by atoms with van der Waals surface area (Å²) in [5.41, 5.74) is 1.34. The Hall–Kier alpha value is -3.16. The highest BCUT2D eigenvalue weighted by Gasteiger charge is 2.17. The fourth-order valence-corrected chi connectivity index (χ4v) is 3.21.